The number of aromatic nitrogens is 2. The second kappa shape index (κ2) is 12.1. The van der Waals surface area contributed by atoms with Crippen LogP contribution in [-0.4, -0.2) is 22.3 Å². The van der Waals surface area contributed by atoms with Crippen LogP contribution in [0.3, 0.4) is 0 Å². The highest BCUT2D eigenvalue weighted by molar-refractivity contribution is 7.14. The molecule has 0 saturated heterocycles. The van der Waals surface area contributed by atoms with E-state index in [1.807, 2.05) is 32.4 Å². The molecule has 0 aliphatic carbocycles. The Balaban J connectivity index is 1.99. The number of nitrogens with one attached hydrogen (secondary N) is 1. The first-order valence-electron chi connectivity index (χ1n) is 12.2. The molecule has 0 radical (unpaired) electrons. The van der Waals surface area contributed by atoms with Crippen LogP contribution in [0.4, 0.5) is 0 Å². The summed E-state index contributed by atoms with van der Waals surface area (Å²) in [6.07, 6.45) is 13.3. The number of unbranched alkanes of at least 4 members (excludes halogenated alkanes) is 1. The Kier molecular flexibility index (Phi) is 9.22. The van der Waals surface area contributed by atoms with Crippen LogP contribution in [-0.2, 0) is 4.74 Å². The summed E-state index contributed by atoms with van der Waals surface area (Å²) in [6, 6.07) is 2.14. The second-order valence-electron chi connectivity index (χ2n) is 9.16. The molecule has 34 heavy (non-hydrogen) atoms. The van der Waals surface area contributed by atoms with Gasteiger partial charge in [0.1, 0.15) is 16.6 Å². The number of aryl methyl sites for hydroxylation is 2. The molecule has 0 spiro atoms. The Morgan fingerprint density at radius 1 is 1.21 bits per heavy atom. The van der Waals surface area contributed by atoms with Crippen molar-refractivity contribution < 1.29 is 4.74 Å². The summed E-state index contributed by atoms with van der Waals surface area (Å²) >= 11 is 1.67. The molecule has 2 unspecified atom stereocenters. The minimum atomic E-state index is 0.440. The molecule has 3 heterocycles. The van der Waals surface area contributed by atoms with Crippen molar-refractivity contribution in [1.29, 1.82) is 0 Å². The predicted octanol–water partition coefficient (Wildman–Crippen LogP) is 7.34. The van der Waals surface area contributed by atoms with Crippen molar-refractivity contribution in [1.82, 2.24) is 15.3 Å². The topological polar surface area (TPSA) is 59.4 Å². The molecule has 2 aromatic rings. The summed E-state index contributed by atoms with van der Waals surface area (Å²) in [4.78, 5) is 15.4. The zero-order valence-electron chi connectivity index (χ0n) is 21.6. The van der Waals surface area contributed by atoms with E-state index < -0.39 is 0 Å². The average Bonchev–Trinajstić information content (AvgIpc) is 3.26. The van der Waals surface area contributed by atoms with Crippen LogP contribution in [0, 0.1) is 25.7 Å². The number of hydrogen-bond donors (Lipinski definition) is 1. The number of allylic oxidation sites excluding steroid dienone is 4. The molecule has 0 aromatic carbocycles. The van der Waals surface area contributed by atoms with Gasteiger partial charge in [-0.25, -0.2) is 4.98 Å². The van der Waals surface area contributed by atoms with Crippen LogP contribution in [0.25, 0.3) is 10.6 Å². The van der Waals surface area contributed by atoms with Gasteiger partial charge in [-0.3, -0.25) is 9.98 Å². The van der Waals surface area contributed by atoms with E-state index in [0.717, 1.165) is 58.4 Å². The number of hydrogen-bond acceptors (Lipinski definition) is 5. The lowest BCUT2D eigenvalue weighted by molar-refractivity contribution is 0.273. The van der Waals surface area contributed by atoms with Crippen LogP contribution in [0.1, 0.15) is 70.0 Å². The average molecular weight is 479 g/mol. The van der Waals surface area contributed by atoms with Crippen LogP contribution in [0.2, 0.25) is 0 Å². The summed E-state index contributed by atoms with van der Waals surface area (Å²) < 4.78 is 6.24. The van der Waals surface area contributed by atoms with Crippen LogP contribution >= 0.6 is 11.3 Å². The number of rotatable bonds is 7. The highest BCUT2D eigenvalue weighted by Crippen LogP contribution is 2.30. The number of thiazole rings is 1. The van der Waals surface area contributed by atoms with Crippen molar-refractivity contribution in [3.63, 3.8) is 0 Å². The van der Waals surface area contributed by atoms with Gasteiger partial charge in [-0.05, 0) is 76.3 Å². The molecule has 3 rings (SSSR count). The molecular weight excluding hydrogens is 440 g/mol. The molecular formula is C28H38N4OS. The third kappa shape index (κ3) is 6.66. The molecule has 0 saturated carbocycles. The van der Waals surface area contributed by atoms with Crippen LogP contribution in [0.5, 0.6) is 0 Å². The van der Waals surface area contributed by atoms with Gasteiger partial charge < -0.3 is 10.1 Å². The third-order valence-electron chi connectivity index (χ3n) is 6.42. The summed E-state index contributed by atoms with van der Waals surface area (Å²) in [7, 11) is 0. The van der Waals surface area contributed by atoms with Crippen molar-refractivity contribution in [2.24, 2.45) is 16.8 Å². The third-order valence-corrected chi connectivity index (χ3v) is 7.38. The number of ether oxygens (including phenoxy) is 1. The normalized spacial score (nSPS) is 21.1. The molecule has 1 aliphatic heterocycles. The SMILES string of the molecule is CCC/C=C/NC(=NCC1=C(C)C(C)C(C)C/C=C(\C)O1)c1cc(-c2ncc(C)s2)cnc1C. The Bertz CT molecular complexity index is 1110. The minimum absolute atomic E-state index is 0.440. The van der Waals surface area contributed by atoms with Gasteiger partial charge in [0.25, 0.3) is 0 Å². The van der Waals surface area contributed by atoms with E-state index in [4.69, 9.17) is 9.73 Å². The zero-order chi connectivity index (χ0) is 24.7. The Hall–Kier alpha value is -2.73. The first kappa shape index (κ1) is 25.9. The van der Waals surface area contributed by atoms with Crippen molar-refractivity contribution in [3.05, 3.63) is 70.0 Å². The van der Waals surface area contributed by atoms with Crippen molar-refractivity contribution in [3.8, 4) is 10.6 Å². The first-order chi connectivity index (χ1) is 16.3. The molecule has 0 bridgehead atoms. The fraction of sp³-hybridized carbons (Fsp3) is 0.464. The first-order valence-corrected chi connectivity index (χ1v) is 13.0. The molecule has 0 amide bonds. The highest BCUT2D eigenvalue weighted by atomic mass is 32.1. The van der Waals surface area contributed by atoms with E-state index in [1.165, 1.54) is 10.5 Å². The van der Waals surface area contributed by atoms with Crippen LogP contribution < -0.4 is 5.32 Å². The quantitative estimate of drug-likeness (QED) is 0.334. The standard InChI is InChI=1S/C28H38N4OS/c1-8-9-10-13-29-27(25-14-24(16-30-23(25)7)28-32-15-20(4)34-28)31-17-26-22(6)21(5)18(2)11-12-19(3)33-26/h10,12-16,18,21H,8-9,11,17H2,1-7H3,(H,29,31)/b13-10+,19-12+,26-22?. The van der Waals surface area contributed by atoms with E-state index >= 15 is 0 Å². The van der Waals surface area contributed by atoms with Crippen molar-refractivity contribution in [2.45, 2.75) is 67.7 Å². The Morgan fingerprint density at radius 3 is 2.71 bits per heavy atom. The molecule has 6 heteroatoms. The summed E-state index contributed by atoms with van der Waals surface area (Å²) in [5.74, 6) is 3.68. The summed E-state index contributed by atoms with van der Waals surface area (Å²) in [6.45, 7) is 15.5. The van der Waals surface area contributed by atoms with Crippen molar-refractivity contribution >= 4 is 17.2 Å². The van der Waals surface area contributed by atoms with E-state index in [1.54, 1.807) is 11.3 Å². The van der Waals surface area contributed by atoms with Crippen LogP contribution in [0.15, 0.2) is 58.9 Å². The maximum Gasteiger partial charge on any atom is 0.134 e. The number of pyridine rings is 1. The Labute approximate surface area is 208 Å². The summed E-state index contributed by atoms with van der Waals surface area (Å²) in [5, 5.41) is 4.40. The minimum Gasteiger partial charge on any atom is -0.465 e. The highest BCUT2D eigenvalue weighted by Gasteiger charge is 2.20. The molecule has 1 N–H and O–H groups in total. The smallest absolute Gasteiger partial charge is 0.134 e. The van der Waals surface area contributed by atoms with E-state index in [2.05, 4.69) is 68.1 Å². The zero-order valence-corrected chi connectivity index (χ0v) is 22.4. The number of aliphatic imine (C=N–C) groups is 1. The predicted molar refractivity (Wildman–Crippen MR) is 144 cm³/mol. The fourth-order valence-electron chi connectivity index (χ4n) is 3.84. The van der Waals surface area contributed by atoms with E-state index in [-0.39, 0.29) is 0 Å². The monoisotopic (exact) mass is 478 g/mol. The Morgan fingerprint density at radius 2 is 2.00 bits per heavy atom. The van der Waals surface area contributed by atoms with Gasteiger partial charge in [-0.2, -0.15) is 0 Å². The molecule has 1 aliphatic rings. The van der Waals surface area contributed by atoms with Gasteiger partial charge in [0.2, 0.25) is 0 Å². The fourth-order valence-corrected chi connectivity index (χ4v) is 4.58. The maximum absolute atomic E-state index is 6.24. The molecule has 0 fully saturated rings. The largest absolute Gasteiger partial charge is 0.465 e. The lowest BCUT2D eigenvalue weighted by Gasteiger charge is -2.25. The van der Waals surface area contributed by atoms with E-state index in [9.17, 15) is 0 Å². The number of nitrogens with zero attached hydrogens (tertiary/aromatic N) is 3. The second-order valence-corrected chi connectivity index (χ2v) is 10.4. The molecule has 2 atom stereocenters. The van der Waals surface area contributed by atoms with Gasteiger partial charge in [-0.15, -0.1) is 11.3 Å². The molecule has 182 valence electrons. The molecule has 2 aromatic heterocycles. The van der Waals surface area contributed by atoms with Gasteiger partial charge in [-0.1, -0.05) is 33.3 Å². The lowest BCUT2D eigenvalue weighted by atomic mass is 9.86. The van der Waals surface area contributed by atoms with Gasteiger partial charge >= 0.3 is 0 Å². The van der Waals surface area contributed by atoms with E-state index in [0.29, 0.717) is 18.4 Å². The summed E-state index contributed by atoms with van der Waals surface area (Å²) in [5.41, 5.74) is 4.18. The van der Waals surface area contributed by atoms with Gasteiger partial charge in [0.05, 0.1) is 12.3 Å². The number of amidine groups is 1. The maximum atomic E-state index is 6.24. The van der Waals surface area contributed by atoms with Crippen molar-refractivity contribution in [2.75, 3.05) is 6.54 Å². The van der Waals surface area contributed by atoms with Gasteiger partial charge in [0, 0.05) is 34.1 Å². The lowest BCUT2D eigenvalue weighted by Crippen LogP contribution is -2.22. The molecule has 5 nitrogen and oxygen atoms in total. The van der Waals surface area contributed by atoms with Gasteiger partial charge in [0.15, 0.2) is 0 Å².